The summed E-state index contributed by atoms with van der Waals surface area (Å²) in [5.74, 6) is -0.174. The van der Waals surface area contributed by atoms with Gasteiger partial charge in [0.2, 0.25) is 5.91 Å². The molecule has 0 saturated carbocycles. The number of hydrogen-bond acceptors (Lipinski definition) is 5. The van der Waals surface area contributed by atoms with Crippen LogP contribution >= 0.6 is 12.2 Å². The lowest BCUT2D eigenvalue weighted by Crippen LogP contribution is -2.39. The summed E-state index contributed by atoms with van der Waals surface area (Å²) in [5, 5.41) is 5.53. The molecule has 7 nitrogen and oxygen atoms in total. The molecule has 1 amide bonds. The van der Waals surface area contributed by atoms with Gasteiger partial charge >= 0.3 is 0 Å². The number of nitrogens with two attached hydrogens (primary N) is 1. The second-order valence-electron chi connectivity index (χ2n) is 4.74. The maximum absolute atomic E-state index is 12.2. The second kappa shape index (κ2) is 5.49. The largest absolute Gasteiger partial charge is 0.389 e. The minimum absolute atomic E-state index is 0.0542. The first-order valence-corrected chi connectivity index (χ1v) is 8.29. The molecule has 3 N–H and O–H groups in total. The molecule has 1 aliphatic heterocycles. The Morgan fingerprint density at radius 3 is 2.85 bits per heavy atom. The van der Waals surface area contributed by atoms with Gasteiger partial charge in [0.25, 0.3) is 0 Å². The number of aryl methyl sites for hydroxylation is 1. The predicted molar refractivity (Wildman–Crippen MR) is 79.2 cm³/mol. The van der Waals surface area contributed by atoms with E-state index in [-0.39, 0.29) is 10.7 Å². The minimum atomic E-state index is -3.38. The standard InChI is InChI=1S/C11H16N4O3S2/c1-15-10(7(6-13-15)9(12)19)14-11(16)8-4-2-3-5-20(8,17)18/h6,8H,2-5H2,1H3,(H2,12,19)(H,14,16). The van der Waals surface area contributed by atoms with Crippen LogP contribution in [0.25, 0.3) is 0 Å². The van der Waals surface area contributed by atoms with E-state index in [0.29, 0.717) is 24.2 Å². The quantitative estimate of drug-likeness (QED) is 0.758. The molecule has 1 fully saturated rings. The molecule has 0 spiro atoms. The molecule has 110 valence electrons. The molecule has 0 aromatic carbocycles. The van der Waals surface area contributed by atoms with Crippen LogP contribution in [0.15, 0.2) is 6.20 Å². The van der Waals surface area contributed by atoms with E-state index < -0.39 is 21.0 Å². The third kappa shape index (κ3) is 2.83. The highest BCUT2D eigenvalue weighted by atomic mass is 32.2. The highest BCUT2D eigenvalue weighted by Gasteiger charge is 2.35. The number of rotatable bonds is 3. The van der Waals surface area contributed by atoms with E-state index in [4.69, 9.17) is 18.0 Å². The summed E-state index contributed by atoms with van der Waals surface area (Å²) in [6.07, 6.45) is 3.11. The van der Waals surface area contributed by atoms with Gasteiger partial charge < -0.3 is 11.1 Å². The van der Waals surface area contributed by atoms with Crippen molar-refractivity contribution in [2.75, 3.05) is 11.1 Å². The Hall–Kier alpha value is -1.48. The van der Waals surface area contributed by atoms with E-state index in [2.05, 4.69) is 10.4 Å². The normalized spacial score (nSPS) is 21.4. The van der Waals surface area contributed by atoms with Gasteiger partial charge in [-0.15, -0.1) is 0 Å². The van der Waals surface area contributed by atoms with Crippen molar-refractivity contribution < 1.29 is 13.2 Å². The zero-order valence-corrected chi connectivity index (χ0v) is 12.6. The first-order chi connectivity index (χ1) is 9.33. The highest BCUT2D eigenvalue weighted by Crippen LogP contribution is 2.22. The zero-order chi connectivity index (χ0) is 14.9. The van der Waals surface area contributed by atoms with E-state index in [9.17, 15) is 13.2 Å². The monoisotopic (exact) mass is 316 g/mol. The number of hydrogen-bond donors (Lipinski definition) is 2. The third-order valence-corrected chi connectivity index (χ3v) is 5.71. The third-order valence-electron chi connectivity index (χ3n) is 3.32. The summed E-state index contributed by atoms with van der Waals surface area (Å²) in [6, 6.07) is 0. The van der Waals surface area contributed by atoms with Gasteiger partial charge in [-0.3, -0.25) is 9.48 Å². The van der Waals surface area contributed by atoms with Crippen LogP contribution in [0.4, 0.5) is 5.82 Å². The van der Waals surface area contributed by atoms with Gasteiger partial charge in [-0.1, -0.05) is 18.6 Å². The average molecular weight is 316 g/mol. The number of thiocarbonyl (C=S) groups is 1. The molecule has 20 heavy (non-hydrogen) atoms. The topological polar surface area (TPSA) is 107 Å². The average Bonchev–Trinajstić information content (AvgIpc) is 2.70. The molecule has 9 heteroatoms. The molecule has 1 aliphatic rings. The van der Waals surface area contributed by atoms with Crippen molar-refractivity contribution in [1.82, 2.24) is 9.78 Å². The van der Waals surface area contributed by atoms with Crippen LogP contribution in [-0.4, -0.2) is 40.1 Å². The fourth-order valence-corrected chi connectivity index (χ4v) is 4.16. The molecular formula is C11H16N4O3S2. The summed E-state index contributed by atoms with van der Waals surface area (Å²) in [5.41, 5.74) is 5.96. The number of carbonyl (C=O) groups is 1. The van der Waals surface area contributed by atoms with Crippen LogP contribution in [-0.2, 0) is 21.7 Å². The first kappa shape index (κ1) is 14.9. The Morgan fingerprint density at radius 1 is 1.55 bits per heavy atom. The van der Waals surface area contributed by atoms with Crippen molar-refractivity contribution in [1.29, 1.82) is 0 Å². The first-order valence-electron chi connectivity index (χ1n) is 6.17. The Kier molecular flexibility index (Phi) is 4.09. The lowest BCUT2D eigenvalue weighted by atomic mass is 10.2. The number of aromatic nitrogens is 2. The van der Waals surface area contributed by atoms with E-state index in [1.807, 2.05) is 0 Å². The van der Waals surface area contributed by atoms with Crippen LogP contribution in [0, 0.1) is 0 Å². The van der Waals surface area contributed by atoms with E-state index >= 15 is 0 Å². The van der Waals surface area contributed by atoms with Crippen molar-refractivity contribution in [2.45, 2.75) is 24.5 Å². The van der Waals surface area contributed by atoms with Gasteiger partial charge in [0.05, 0.1) is 17.5 Å². The lowest BCUT2D eigenvalue weighted by Gasteiger charge is -2.21. The van der Waals surface area contributed by atoms with Crippen LogP contribution in [0.5, 0.6) is 0 Å². The van der Waals surface area contributed by atoms with Gasteiger partial charge in [-0.05, 0) is 12.8 Å². The fraction of sp³-hybridized carbons (Fsp3) is 0.545. The van der Waals surface area contributed by atoms with Gasteiger partial charge in [-0.25, -0.2) is 8.42 Å². The van der Waals surface area contributed by atoms with Crippen molar-refractivity contribution in [2.24, 2.45) is 12.8 Å². The van der Waals surface area contributed by atoms with Crippen LogP contribution in [0.1, 0.15) is 24.8 Å². The molecule has 0 aliphatic carbocycles. The molecule has 1 aromatic rings. The maximum atomic E-state index is 12.2. The smallest absolute Gasteiger partial charge is 0.243 e. The lowest BCUT2D eigenvalue weighted by molar-refractivity contribution is -0.116. The van der Waals surface area contributed by atoms with Gasteiger partial charge in [0.1, 0.15) is 16.1 Å². The van der Waals surface area contributed by atoms with Crippen LogP contribution < -0.4 is 11.1 Å². The van der Waals surface area contributed by atoms with Crippen molar-refractivity contribution in [3.05, 3.63) is 11.8 Å². The van der Waals surface area contributed by atoms with Gasteiger partial charge in [0.15, 0.2) is 9.84 Å². The Labute approximate surface area is 122 Å². The molecule has 2 heterocycles. The van der Waals surface area contributed by atoms with E-state index in [1.165, 1.54) is 10.9 Å². The zero-order valence-electron chi connectivity index (χ0n) is 11.0. The summed E-state index contributed by atoms with van der Waals surface area (Å²) in [4.78, 5) is 12.3. The molecule has 2 rings (SSSR count). The molecule has 1 unspecified atom stereocenters. The molecule has 1 atom stereocenters. The summed E-state index contributed by atoms with van der Waals surface area (Å²) in [7, 11) is -1.76. The summed E-state index contributed by atoms with van der Waals surface area (Å²) < 4.78 is 25.2. The maximum Gasteiger partial charge on any atom is 0.243 e. The number of amides is 1. The molecule has 0 radical (unpaired) electrons. The minimum Gasteiger partial charge on any atom is -0.389 e. The van der Waals surface area contributed by atoms with Crippen LogP contribution in [0.3, 0.4) is 0 Å². The molecule has 1 saturated heterocycles. The number of carbonyl (C=O) groups excluding carboxylic acids is 1. The van der Waals surface area contributed by atoms with E-state index in [1.54, 1.807) is 7.05 Å². The Bertz CT molecular complexity index is 651. The second-order valence-corrected chi connectivity index (χ2v) is 7.48. The van der Waals surface area contributed by atoms with Crippen molar-refractivity contribution in [3.8, 4) is 0 Å². The van der Waals surface area contributed by atoms with Crippen LogP contribution in [0.2, 0.25) is 0 Å². The fourth-order valence-electron chi connectivity index (χ4n) is 2.21. The van der Waals surface area contributed by atoms with Crippen molar-refractivity contribution >= 4 is 38.8 Å². The highest BCUT2D eigenvalue weighted by molar-refractivity contribution is 7.92. The number of nitrogens with zero attached hydrogens (tertiary/aromatic N) is 2. The number of anilines is 1. The predicted octanol–water partition coefficient (Wildman–Crippen LogP) is -0.0399. The van der Waals surface area contributed by atoms with E-state index in [0.717, 1.165) is 6.42 Å². The Morgan fingerprint density at radius 2 is 2.25 bits per heavy atom. The molecular weight excluding hydrogens is 300 g/mol. The number of sulfone groups is 1. The Balaban J connectivity index is 2.24. The summed E-state index contributed by atoms with van der Waals surface area (Å²) in [6.45, 7) is 0. The summed E-state index contributed by atoms with van der Waals surface area (Å²) >= 11 is 4.87. The SMILES string of the molecule is Cn1ncc(C(N)=S)c1NC(=O)C1CCCCS1(=O)=O. The molecule has 0 bridgehead atoms. The van der Waals surface area contributed by atoms with Gasteiger partial charge in [0, 0.05) is 7.05 Å². The van der Waals surface area contributed by atoms with Crippen molar-refractivity contribution in [3.63, 3.8) is 0 Å². The number of nitrogens with one attached hydrogen (secondary N) is 1. The van der Waals surface area contributed by atoms with Gasteiger partial charge in [-0.2, -0.15) is 5.10 Å². The molecule has 1 aromatic heterocycles.